The molecule has 2 aromatic rings. The molecule has 0 fully saturated rings. The normalized spacial score (nSPS) is 15.9. The molecular formula is C14H15N3. The summed E-state index contributed by atoms with van der Waals surface area (Å²) in [6.07, 6.45) is 6.94. The minimum atomic E-state index is 0.581. The van der Waals surface area contributed by atoms with Gasteiger partial charge in [0.2, 0.25) is 0 Å². The van der Waals surface area contributed by atoms with Crippen molar-refractivity contribution in [3.63, 3.8) is 0 Å². The van der Waals surface area contributed by atoms with Gasteiger partial charge in [-0.15, -0.1) is 0 Å². The average Bonchev–Trinajstić information content (AvgIpc) is 2.40. The van der Waals surface area contributed by atoms with Gasteiger partial charge in [0.05, 0.1) is 5.52 Å². The Labute approximate surface area is 100 Å². The van der Waals surface area contributed by atoms with Gasteiger partial charge in [-0.2, -0.15) is 0 Å². The van der Waals surface area contributed by atoms with Crippen molar-refractivity contribution >= 4 is 22.3 Å². The number of benzene rings is 1. The van der Waals surface area contributed by atoms with Crippen molar-refractivity contribution in [3.8, 4) is 0 Å². The maximum Gasteiger partial charge on any atom is 0.157 e. The number of para-hydroxylation sites is 1. The number of hydrogen-bond donors (Lipinski definition) is 1. The van der Waals surface area contributed by atoms with Crippen LogP contribution in [0.2, 0.25) is 0 Å². The highest BCUT2D eigenvalue weighted by Crippen LogP contribution is 2.27. The molecule has 0 atom stereocenters. The number of rotatable bonds is 1. The van der Waals surface area contributed by atoms with Crippen LogP contribution in [0.25, 0.3) is 16.5 Å². The number of allylic oxidation sites excluding steroid dienone is 2. The summed E-state index contributed by atoms with van der Waals surface area (Å²) in [5.74, 6) is 1.39. The minimum absolute atomic E-state index is 0.581. The molecule has 1 aliphatic rings. The number of nitrogens with zero attached hydrogens (tertiary/aromatic N) is 2. The van der Waals surface area contributed by atoms with E-state index >= 15 is 0 Å². The van der Waals surface area contributed by atoms with Gasteiger partial charge in [0.15, 0.2) is 5.82 Å². The second kappa shape index (κ2) is 4.17. The summed E-state index contributed by atoms with van der Waals surface area (Å²) in [6, 6.07) is 7.89. The highest BCUT2D eigenvalue weighted by atomic mass is 14.9. The molecule has 3 nitrogen and oxygen atoms in total. The zero-order valence-corrected chi connectivity index (χ0v) is 9.69. The molecule has 0 spiro atoms. The molecule has 0 radical (unpaired) electrons. The summed E-state index contributed by atoms with van der Waals surface area (Å²) in [6.45, 7) is 0. The van der Waals surface area contributed by atoms with E-state index in [1.165, 1.54) is 18.4 Å². The Balaban J connectivity index is 2.15. The number of nitrogen functional groups attached to an aromatic ring is 1. The van der Waals surface area contributed by atoms with E-state index in [4.69, 9.17) is 5.73 Å². The molecule has 0 aliphatic heterocycles. The van der Waals surface area contributed by atoms with E-state index in [2.05, 4.69) is 16.0 Å². The van der Waals surface area contributed by atoms with Crippen molar-refractivity contribution in [2.45, 2.75) is 25.7 Å². The van der Waals surface area contributed by atoms with Gasteiger partial charge in [0, 0.05) is 5.39 Å². The molecule has 1 aromatic carbocycles. The molecule has 3 heteroatoms. The lowest BCUT2D eigenvalue weighted by Crippen LogP contribution is -2.02. The van der Waals surface area contributed by atoms with E-state index in [1.807, 2.05) is 24.3 Å². The van der Waals surface area contributed by atoms with Crippen molar-refractivity contribution in [1.29, 1.82) is 0 Å². The van der Waals surface area contributed by atoms with E-state index in [1.54, 1.807) is 0 Å². The summed E-state index contributed by atoms with van der Waals surface area (Å²) >= 11 is 0. The van der Waals surface area contributed by atoms with Gasteiger partial charge in [0.1, 0.15) is 5.82 Å². The fraction of sp³-hybridized carbons (Fsp3) is 0.286. The third kappa shape index (κ3) is 1.88. The van der Waals surface area contributed by atoms with Crippen LogP contribution in [-0.2, 0) is 0 Å². The largest absolute Gasteiger partial charge is 0.383 e. The Morgan fingerprint density at radius 1 is 1.06 bits per heavy atom. The van der Waals surface area contributed by atoms with E-state index in [0.717, 1.165) is 29.6 Å². The third-order valence-corrected chi connectivity index (χ3v) is 3.21. The summed E-state index contributed by atoms with van der Waals surface area (Å²) in [5, 5.41) is 0.938. The van der Waals surface area contributed by atoms with Crippen LogP contribution in [0.4, 0.5) is 5.82 Å². The topological polar surface area (TPSA) is 51.8 Å². The predicted octanol–water partition coefficient (Wildman–Crippen LogP) is 3.17. The second-order valence-corrected chi connectivity index (χ2v) is 4.42. The minimum Gasteiger partial charge on any atom is -0.383 e. The third-order valence-electron chi connectivity index (χ3n) is 3.21. The van der Waals surface area contributed by atoms with Crippen molar-refractivity contribution in [2.75, 3.05) is 5.73 Å². The lowest BCUT2D eigenvalue weighted by Gasteiger charge is -2.12. The number of hydrogen-bond acceptors (Lipinski definition) is 3. The number of fused-ring (bicyclic) bond motifs is 1. The summed E-state index contributed by atoms with van der Waals surface area (Å²) in [7, 11) is 0. The van der Waals surface area contributed by atoms with Crippen molar-refractivity contribution in [2.24, 2.45) is 0 Å². The standard InChI is InChI=1S/C14H15N3/c15-13-11-8-4-5-9-12(11)16-14(17-13)10-6-2-1-3-7-10/h4-6,8-9H,1-3,7H2,(H2,15,16,17). The first-order valence-corrected chi connectivity index (χ1v) is 6.06. The highest BCUT2D eigenvalue weighted by molar-refractivity contribution is 5.89. The fourth-order valence-corrected chi connectivity index (χ4v) is 2.29. The summed E-state index contributed by atoms with van der Waals surface area (Å²) < 4.78 is 0. The Bertz CT molecular complexity index is 587. The smallest absolute Gasteiger partial charge is 0.157 e. The van der Waals surface area contributed by atoms with Crippen LogP contribution in [-0.4, -0.2) is 9.97 Å². The Morgan fingerprint density at radius 3 is 2.76 bits per heavy atom. The molecule has 86 valence electrons. The van der Waals surface area contributed by atoms with Gasteiger partial charge in [-0.3, -0.25) is 0 Å². The molecule has 0 unspecified atom stereocenters. The van der Waals surface area contributed by atoms with Crippen LogP contribution in [0.3, 0.4) is 0 Å². The van der Waals surface area contributed by atoms with E-state index in [0.29, 0.717) is 5.82 Å². The van der Waals surface area contributed by atoms with E-state index in [9.17, 15) is 0 Å². The van der Waals surface area contributed by atoms with Crippen molar-refractivity contribution < 1.29 is 0 Å². The fourth-order valence-electron chi connectivity index (χ4n) is 2.29. The van der Waals surface area contributed by atoms with Crippen LogP contribution in [0.15, 0.2) is 30.3 Å². The van der Waals surface area contributed by atoms with Crippen molar-refractivity contribution in [1.82, 2.24) is 9.97 Å². The molecule has 3 rings (SSSR count). The van der Waals surface area contributed by atoms with Gasteiger partial charge in [-0.1, -0.05) is 18.2 Å². The van der Waals surface area contributed by atoms with E-state index < -0.39 is 0 Å². The van der Waals surface area contributed by atoms with Crippen LogP contribution < -0.4 is 5.73 Å². The number of aromatic nitrogens is 2. The van der Waals surface area contributed by atoms with Crippen LogP contribution in [0.1, 0.15) is 31.5 Å². The zero-order chi connectivity index (χ0) is 11.7. The second-order valence-electron chi connectivity index (χ2n) is 4.42. The molecule has 1 aromatic heterocycles. The molecule has 0 saturated heterocycles. The predicted molar refractivity (Wildman–Crippen MR) is 70.4 cm³/mol. The molecule has 0 bridgehead atoms. The Hall–Kier alpha value is -1.90. The van der Waals surface area contributed by atoms with Crippen LogP contribution in [0.5, 0.6) is 0 Å². The molecular weight excluding hydrogens is 210 g/mol. The maximum atomic E-state index is 5.99. The molecule has 1 aliphatic carbocycles. The van der Waals surface area contributed by atoms with Crippen LogP contribution >= 0.6 is 0 Å². The van der Waals surface area contributed by atoms with Crippen LogP contribution in [0, 0.1) is 0 Å². The quantitative estimate of drug-likeness (QED) is 0.811. The average molecular weight is 225 g/mol. The molecule has 0 amide bonds. The number of anilines is 1. The summed E-state index contributed by atoms with van der Waals surface area (Å²) in [4.78, 5) is 9.02. The zero-order valence-electron chi connectivity index (χ0n) is 9.69. The van der Waals surface area contributed by atoms with Gasteiger partial charge < -0.3 is 5.73 Å². The Kier molecular flexibility index (Phi) is 2.52. The SMILES string of the molecule is Nc1nc(C2=CCCCC2)nc2ccccc12. The molecule has 1 heterocycles. The van der Waals surface area contributed by atoms with Crippen molar-refractivity contribution in [3.05, 3.63) is 36.2 Å². The summed E-state index contributed by atoms with van der Waals surface area (Å²) in [5.41, 5.74) is 8.16. The lowest BCUT2D eigenvalue weighted by atomic mass is 9.99. The highest BCUT2D eigenvalue weighted by Gasteiger charge is 2.11. The Morgan fingerprint density at radius 2 is 1.94 bits per heavy atom. The molecule has 17 heavy (non-hydrogen) atoms. The molecule has 2 N–H and O–H groups in total. The first-order chi connectivity index (χ1) is 8.34. The van der Waals surface area contributed by atoms with Gasteiger partial charge in [0.25, 0.3) is 0 Å². The monoisotopic (exact) mass is 225 g/mol. The first kappa shape index (κ1) is 10.3. The maximum absolute atomic E-state index is 5.99. The van der Waals surface area contributed by atoms with E-state index in [-0.39, 0.29) is 0 Å². The van der Waals surface area contributed by atoms with Gasteiger partial charge in [-0.05, 0) is 43.4 Å². The van der Waals surface area contributed by atoms with Gasteiger partial charge in [-0.25, -0.2) is 9.97 Å². The number of nitrogens with two attached hydrogens (primary N) is 1. The lowest BCUT2D eigenvalue weighted by molar-refractivity contribution is 0.737. The first-order valence-electron chi connectivity index (χ1n) is 6.06. The van der Waals surface area contributed by atoms with Gasteiger partial charge >= 0.3 is 0 Å². The molecule has 0 saturated carbocycles.